The number of urea groups is 1. The lowest BCUT2D eigenvalue weighted by Gasteiger charge is -2.12. The number of nitrogens with one attached hydrogen (secondary N) is 2. The minimum atomic E-state index is -0.574. The van der Waals surface area contributed by atoms with Crippen molar-refractivity contribution in [2.75, 3.05) is 0 Å². The van der Waals surface area contributed by atoms with Crippen molar-refractivity contribution in [3.8, 4) is 11.1 Å². The molecular formula is C19H20N4O3S. The monoisotopic (exact) mass is 384 g/mol. The van der Waals surface area contributed by atoms with Gasteiger partial charge in [-0.15, -0.1) is 11.3 Å². The molecule has 8 heteroatoms. The van der Waals surface area contributed by atoms with Crippen LogP contribution in [0.2, 0.25) is 0 Å². The van der Waals surface area contributed by atoms with E-state index in [0.29, 0.717) is 10.2 Å². The molecule has 0 saturated carbocycles. The summed E-state index contributed by atoms with van der Waals surface area (Å²) in [6.45, 7) is 3.49. The minimum Gasteiger partial charge on any atom is -0.335 e. The number of carbonyl (C=O) groups excluding carboxylic acids is 2. The fourth-order valence-corrected chi connectivity index (χ4v) is 3.50. The Balaban J connectivity index is 1.84. The number of rotatable bonds is 5. The van der Waals surface area contributed by atoms with E-state index in [1.807, 2.05) is 49.6 Å². The summed E-state index contributed by atoms with van der Waals surface area (Å²) >= 11 is 1.38. The molecule has 2 aromatic heterocycles. The molecule has 0 bridgehead atoms. The van der Waals surface area contributed by atoms with Crippen LogP contribution in [0.25, 0.3) is 21.3 Å². The van der Waals surface area contributed by atoms with Gasteiger partial charge in [-0.1, -0.05) is 37.3 Å². The number of hydrogen-bond donors (Lipinski definition) is 2. The first kappa shape index (κ1) is 18.8. The van der Waals surface area contributed by atoms with Crippen LogP contribution < -0.4 is 16.2 Å². The molecule has 7 nitrogen and oxygen atoms in total. The number of nitrogens with zero attached hydrogens (tertiary/aromatic N) is 2. The summed E-state index contributed by atoms with van der Waals surface area (Å²) < 4.78 is 1.22. The Morgan fingerprint density at radius 1 is 1.26 bits per heavy atom. The molecule has 1 aromatic carbocycles. The van der Waals surface area contributed by atoms with E-state index in [2.05, 4.69) is 15.6 Å². The molecule has 0 fully saturated rings. The average molecular weight is 384 g/mol. The highest BCUT2D eigenvalue weighted by Gasteiger charge is 2.16. The van der Waals surface area contributed by atoms with E-state index in [9.17, 15) is 14.4 Å². The lowest BCUT2D eigenvalue weighted by molar-refractivity contribution is -0.120. The average Bonchev–Trinajstić information content (AvgIpc) is 3.09. The van der Waals surface area contributed by atoms with Crippen LogP contribution in [0.5, 0.6) is 0 Å². The lowest BCUT2D eigenvalue weighted by atomic mass is 10.1. The van der Waals surface area contributed by atoms with Gasteiger partial charge in [-0.3, -0.25) is 19.5 Å². The van der Waals surface area contributed by atoms with Gasteiger partial charge in [0.1, 0.15) is 11.4 Å². The van der Waals surface area contributed by atoms with E-state index in [-0.39, 0.29) is 18.1 Å². The molecule has 2 N–H and O–H groups in total. The summed E-state index contributed by atoms with van der Waals surface area (Å²) in [5.74, 6) is -0.574. The van der Waals surface area contributed by atoms with E-state index in [0.717, 1.165) is 17.5 Å². The number of amides is 3. The summed E-state index contributed by atoms with van der Waals surface area (Å²) in [7, 11) is 0. The molecule has 2 heterocycles. The third-order valence-electron chi connectivity index (χ3n) is 4.20. The first-order valence-corrected chi connectivity index (χ1v) is 9.50. The lowest BCUT2D eigenvalue weighted by Crippen LogP contribution is -2.45. The summed E-state index contributed by atoms with van der Waals surface area (Å²) in [4.78, 5) is 41.7. The largest absolute Gasteiger partial charge is 0.335 e. The van der Waals surface area contributed by atoms with E-state index in [4.69, 9.17) is 0 Å². The third-order valence-corrected chi connectivity index (χ3v) is 5.09. The van der Waals surface area contributed by atoms with Crippen molar-refractivity contribution in [2.24, 2.45) is 0 Å². The fourth-order valence-electron chi connectivity index (χ4n) is 2.59. The quantitative estimate of drug-likeness (QED) is 0.707. The second kappa shape index (κ2) is 8.13. The zero-order chi connectivity index (χ0) is 19.4. The minimum absolute atomic E-state index is 0.0437. The first-order chi connectivity index (χ1) is 13.0. The van der Waals surface area contributed by atoms with Crippen molar-refractivity contribution in [3.63, 3.8) is 0 Å². The van der Waals surface area contributed by atoms with Crippen molar-refractivity contribution < 1.29 is 9.59 Å². The van der Waals surface area contributed by atoms with E-state index < -0.39 is 11.9 Å². The number of aromatic nitrogens is 2. The maximum Gasteiger partial charge on any atom is 0.321 e. The molecular weight excluding hydrogens is 364 g/mol. The van der Waals surface area contributed by atoms with Crippen molar-refractivity contribution in [2.45, 2.75) is 32.9 Å². The van der Waals surface area contributed by atoms with Crippen LogP contribution >= 0.6 is 11.3 Å². The van der Waals surface area contributed by atoms with Gasteiger partial charge < -0.3 is 5.32 Å². The number of carbonyl (C=O) groups is 2. The van der Waals surface area contributed by atoms with Crippen molar-refractivity contribution in [1.29, 1.82) is 0 Å². The Bertz CT molecular complexity index is 1030. The number of hydrogen-bond acceptors (Lipinski definition) is 5. The summed E-state index contributed by atoms with van der Waals surface area (Å²) in [6, 6.07) is 8.93. The Morgan fingerprint density at radius 3 is 2.70 bits per heavy atom. The zero-order valence-electron chi connectivity index (χ0n) is 15.1. The number of benzene rings is 1. The maximum absolute atomic E-state index is 12.9. The second-order valence-corrected chi connectivity index (χ2v) is 7.06. The Labute approximate surface area is 160 Å². The molecule has 1 atom stereocenters. The molecule has 140 valence electrons. The van der Waals surface area contributed by atoms with Crippen molar-refractivity contribution in [3.05, 3.63) is 52.4 Å². The predicted octanol–water partition coefficient (Wildman–Crippen LogP) is 2.75. The standard InChI is InChI=1S/C19H20N4O3S/c1-3-12(2)21-19(26)22-15(24)9-23-11-20-17-16(18(23)25)14(10-27-17)13-7-5-4-6-8-13/h4-8,10-12H,3,9H2,1-2H3,(H2,21,22,24,26)/t12-/m1/s1. The van der Waals surface area contributed by atoms with Crippen LogP contribution in [0.3, 0.4) is 0 Å². The summed E-state index contributed by atoms with van der Waals surface area (Å²) in [5, 5.41) is 7.24. The van der Waals surface area contributed by atoms with Gasteiger partial charge in [-0.05, 0) is 18.9 Å². The smallest absolute Gasteiger partial charge is 0.321 e. The normalized spacial score (nSPS) is 11.9. The molecule has 0 aliphatic rings. The first-order valence-electron chi connectivity index (χ1n) is 8.62. The highest BCUT2D eigenvalue weighted by molar-refractivity contribution is 7.17. The number of thiophene rings is 1. The van der Waals surface area contributed by atoms with Gasteiger partial charge >= 0.3 is 6.03 Å². The number of fused-ring (bicyclic) bond motifs is 1. The SMILES string of the molecule is CC[C@@H](C)NC(=O)NC(=O)Cn1cnc2scc(-c3ccccc3)c2c1=O. The van der Waals surface area contributed by atoms with E-state index >= 15 is 0 Å². The van der Waals surface area contributed by atoms with Gasteiger partial charge in [0.25, 0.3) is 5.56 Å². The highest BCUT2D eigenvalue weighted by Crippen LogP contribution is 2.30. The molecule has 0 unspecified atom stereocenters. The van der Waals surface area contributed by atoms with Gasteiger partial charge in [0.15, 0.2) is 0 Å². The van der Waals surface area contributed by atoms with Crippen LogP contribution in [0.1, 0.15) is 20.3 Å². The molecule has 3 aromatic rings. The van der Waals surface area contributed by atoms with Gasteiger partial charge in [0.2, 0.25) is 5.91 Å². The molecule has 3 amide bonds. The highest BCUT2D eigenvalue weighted by atomic mass is 32.1. The Kier molecular flexibility index (Phi) is 5.66. The molecule has 0 saturated heterocycles. The van der Waals surface area contributed by atoms with Crippen LogP contribution in [-0.4, -0.2) is 27.5 Å². The van der Waals surface area contributed by atoms with E-state index in [1.54, 1.807) is 0 Å². The Hall–Kier alpha value is -3.00. The topological polar surface area (TPSA) is 93.1 Å². The van der Waals surface area contributed by atoms with Gasteiger partial charge in [0.05, 0.1) is 11.7 Å². The molecule has 0 radical (unpaired) electrons. The van der Waals surface area contributed by atoms with Gasteiger partial charge in [0, 0.05) is 17.0 Å². The van der Waals surface area contributed by atoms with E-state index in [1.165, 1.54) is 22.2 Å². The third kappa shape index (κ3) is 4.22. The Morgan fingerprint density at radius 2 is 2.00 bits per heavy atom. The van der Waals surface area contributed by atoms with Crippen LogP contribution in [0.4, 0.5) is 4.79 Å². The van der Waals surface area contributed by atoms with Crippen LogP contribution in [0.15, 0.2) is 46.8 Å². The summed E-state index contributed by atoms with van der Waals surface area (Å²) in [5.41, 5.74) is 1.40. The van der Waals surface area contributed by atoms with Crippen molar-refractivity contribution in [1.82, 2.24) is 20.2 Å². The number of imide groups is 1. The van der Waals surface area contributed by atoms with Gasteiger partial charge in [-0.25, -0.2) is 9.78 Å². The van der Waals surface area contributed by atoms with Gasteiger partial charge in [-0.2, -0.15) is 0 Å². The molecule has 0 aliphatic heterocycles. The zero-order valence-corrected chi connectivity index (χ0v) is 15.9. The molecule has 3 rings (SSSR count). The second-order valence-electron chi connectivity index (χ2n) is 6.20. The molecule has 27 heavy (non-hydrogen) atoms. The maximum atomic E-state index is 12.9. The fraction of sp³-hybridized carbons (Fsp3) is 0.263. The summed E-state index contributed by atoms with van der Waals surface area (Å²) in [6.07, 6.45) is 2.09. The van der Waals surface area contributed by atoms with Crippen molar-refractivity contribution >= 4 is 33.5 Å². The van der Waals surface area contributed by atoms with Crippen LogP contribution in [-0.2, 0) is 11.3 Å². The molecule has 0 spiro atoms. The van der Waals surface area contributed by atoms with Crippen LogP contribution in [0, 0.1) is 0 Å². The predicted molar refractivity (Wildman–Crippen MR) is 106 cm³/mol. The molecule has 0 aliphatic carbocycles.